The van der Waals surface area contributed by atoms with Crippen LogP contribution in [-0.2, 0) is 31.1 Å². The van der Waals surface area contributed by atoms with Crippen molar-refractivity contribution < 1.29 is 33.4 Å². The van der Waals surface area contributed by atoms with Gasteiger partial charge in [0.05, 0.1) is 42.0 Å². The molecule has 2 saturated heterocycles. The molecule has 3 aromatic carbocycles. The smallest absolute Gasteiger partial charge is 0.260 e. The zero-order chi connectivity index (χ0) is 35.4. The lowest BCUT2D eigenvalue weighted by molar-refractivity contribution is -0.141. The zero-order valence-corrected chi connectivity index (χ0v) is 28.8. The third-order valence-electron chi connectivity index (χ3n) is 10.8. The summed E-state index contributed by atoms with van der Waals surface area (Å²) in [5, 5.41) is 12.7. The number of halogens is 2. The SMILES string of the molecule is O=C1C2CC=C3C(CC4C(=O)N(Nc5ccc(F)cc5)C(=O)C4(c4ccc(Cl)cc4)C3c3ccc(OCCO)cc3)C2C(=O)N1Cc1cccs1. The van der Waals surface area contributed by atoms with Crippen molar-refractivity contribution in [1.82, 2.24) is 9.91 Å². The molecule has 0 spiro atoms. The molecular formula is C39H33ClFN3O6S. The van der Waals surface area contributed by atoms with Crippen LogP contribution in [0.2, 0.25) is 5.02 Å². The van der Waals surface area contributed by atoms with E-state index in [2.05, 4.69) is 5.43 Å². The number of ether oxygens (including phenoxy) is 1. The number of amides is 4. The standard InChI is InChI=1S/C39H33ClFN3O6S/c40-24-7-5-23(6-8-24)39-32(36(47)44(38(39)49)42-26-11-9-25(41)10-12-26)20-31-29(34(39)22-3-13-27(14-4-22)50-18-17-45)15-16-30-33(31)37(48)43(35(30)46)21-28-2-1-19-51-28/h1-15,19,30-34,42,45H,16-18,20-21H2. The van der Waals surface area contributed by atoms with E-state index in [1.165, 1.54) is 40.5 Å². The van der Waals surface area contributed by atoms with E-state index in [1.54, 1.807) is 36.4 Å². The van der Waals surface area contributed by atoms with Gasteiger partial charge in [-0.05, 0) is 89.9 Å². The lowest BCUT2D eigenvalue weighted by Gasteiger charge is -2.50. The van der Waals surface area contributed by atoms with E-state index in [0.717, 1.165) is 21.0 Å². The number of allylic oxidation sites excluding steroid dienone is 2. The Morgan fingerprint density at radius 3 is 2.35 bits per heavy atom. The number of aliphatic hydroxyl groups excluding tert-OH is 1. The Balaban J connectivity index is 1.29. The van der Waals surface area contributed by atoms with E-state index in [9.17, 15) is 23.9 Å². The first-order valence-electron chi connectivity index (χ1n) is 16.8. The number of carbonyl (C=O) groups is 4. The fraction of sp³-hybridized carbons (Fsp3) is 0.282. The number of hydrogen-bond acceptors (Lipinski definition) is 8. The van der Waals surface area contributed by atoms with E-state index in [4.69, 9.17) is 16.3 Å². The molecule has 4 amide bonds. The van der Waals surface area contributed by atoms with Gasteiger partial charge >= 0.3 is 0 Å². The van der Waals surface area contributed by atoms with Gasteiger partial charge in [-0.1, -0.05) is 53.6 Å². The van der Waals surface area contributed by atoms with Crippen LogP contribution in [0.4, 0.5) is 10.1 Å². The number of thiophene rings is 1. The Labute approximate surface area is 302 Å². The minimum Gasteiger partial charge on any atom is -0.491 e. The molecule has 1 aromatic heterocycles. The average Bonchev–Trinajstić information content (AvgIpc) is 3.80. The van der Waals surface area contributed by atoms with Crippen LogP contribution < -0.4 is 10.2 Å². The number of carbonyl (C=O) groups excluding carboxylic acids is 4. The number of hydrazine groups is 1. The predicted molar refractivity (Wildman–Crippen MR) is 188 cm³/mol. The first kappa shape index (κ1) is 33.3. The minimum atomic E-state index is -1.47. The summed E-state index contributed by atoms with van der Waals surface area (Å²) in [4.78, 5) is 60.3. The molecule has 260 valence electrons. The molecule has 0 bridgehead atoms. The maximum absolute atomic E-state index is 15.2. The fourth-order valence-electron chi connectivity index (χ4n) is 8.73. The molecule has 2 N–H and O–H groups in total. The predicted octanol–water partition coefficient (Wildman–Crippen LogP) is 6.10. The lowest BCUT2D eigenvalue weighted by Crippen LogP contribution is -2.53. The maximum atomic E-state index is 15.2. The molecule has 0 radical (unpaired) electrons. The van der Waals surface area contributed by atoms with Crippen molar-refractivity contribution in [1.29, 1.82) is 0 Å². The van der Waals surface area contributed by atoms with E-state index >= 15 is 4.79 Å². The van der Waals surface area contributed by atoms with E-state index < -0.39 is 52.6 Å². The second kappa shape index (κ2) is 13.0. The highest BCUT2D eigenvalue weighted by Crippen LogP contribution is 2.64. The zero-order valence-electron chi connectivity index (χ0n) is 27.2. The molecule has 3 heterocycles. The molecule has 1 saturated carbocycles. The number of benzene rings is 3. The van der Waals surface area contributed by atoms with Gasteiger partial charge < -0.3 is 9.84 Å². The molecule has 2 aliphatic heterocycles. The number of hydrogen-bond donors (Lipinski definition) is 2. The Kier molecular flexibility index (Phi) is 8.52. The molecule has 6 atom stereocenters. The second-order valence-corrected chi connectivity index (χ2v) is 14.8. The summed E-state index contributed by atoms with van der Waals surface area (Å²) in [6.45, 7) is 0.131. The van der Waals surface area contributed by atoms with E-state index in [-0.39, 0.29) is 38.0 Å². The number of aliphatic hydroxyl groups is 1. The summed E-state index contributed by atoms with van der Waals surface area (Å²) >= 11 is 7.84. The van der Waals surface area contributed by atoms with Crippen molar-refractivity contribution in [3.8, 4) is 5.75 Å². The fourth-order valence-corrected chi connectivity index (χ4v) is 9.55. The Morgan fingerprint density at radius 2 is 1.67 bits per heavy atom. The highest BCUT2D eigenvalue weighted by molar-refractivity contribution is 7.09. The van der Waals surface area contributed by atoms with Crippen molar-refractivity contribution in [3.63, 3.8) is 0 Å². The normalized spacial score (nSPS) is 26.9. The molecule has 2 aliphatic carbocycles. The number of likely N-dealkylation sites (tertiary alicyclic amines) is 1. The molecule has 6 unspecified atom stereocenters. The molecule has 51 heavy (non-hydrogen) atoms. The molecule has 8 rings (SSSR count). The van der Waals surface area contributed by atoms with Gasteiger partial charge in [-0.3, -0.25) is 29.5 Å². The van der Waals surface area contributed by atoms with Crippen LogP contribution in [0.1, 0.15) is 34.8 Å². The maximum Gasteiger partial charge on any atom is 0.260 e. The second-order valence-electron chi connectivity index (χ2n) is 13.4. The molecule has 3 fully saturated rings. The van der Waals surface area contributed by atoms with Gasteiger partial charge in [-0.25, -0.2) is 4.39 Å². The van der Waals surface area contributed by atoms with Gasteiger partial charge in [0.2, 0.25) is 11.8 Å². The van der Waals surface area contributed by atoms with Crippen molar-refractivity contribution in [3.05, 3.63) is 129 Å². The van der Waals surface area contributed by atoms with E-state index in [1.807, 2.05) is 35.7 Å². The van der Waals surface area contributed by atoms with Gasteiger partial charge in [-0.15, -0.1) is 11.3 Å². The highest BCUT2D eigenvalue weighted by atomic mass is 35.5. The van der Waals surface area contributed by atoms with Crippen molar-refractivity contribution in [2.45, 2.75) is 30.7 Å². The van der Waals surface area contributed by atoms with Gasteiger partial charge in [-0.2, -0.15) is 5.01 Å². The summed E-state index contributed by atoms with van der Waals surface area (Å²) in [7, 11) is 0. The van der Waals surface area contributed by atoms with E-state index in [0.29, 0.717) is 28.4 Å². The number of rotatable bonds is 9. The highest BCUT2D eigenvalue weighted by Gasteiger charge is 2.70. The summed E-state index contributed by atoms with van der Waals surface area (Å²) < 4.78 is 19.5. The van der Waals surface area contributed by atoms with Crippen LogP contribution in [0, 0.1) is 29.5 Å². The van der Waals surface area contributed by atoms with Crippen LogP contribution in [0.3, 0.4) is 0 Å². The average molecular weight is 726 g/mol. The Hall–Kier alpha value is -4.84. The van der Waals surface area contributed by atoms with Gasteiger partial charge in [0, 0.05) is 15.8 Å². The molecule has 4 aromatic rings. The summed E-state index contributed by atoms with van der Waals surface area (Å²) in [5.41, 5.74) is 3.97. The van der Waals surface area contributed by atoms with Gasteiger partial charge in [0.1, 0.15) is 18.2 Å². The first-order chi connectivity index (χ1) is 24.7. The summed E-state index contributed by atoms with van der Waals surface area (Å²) in [5.74, 6) is -4.86. The molecule has 4 aliphatic rings. The molecule has 9 nitrogen and oxygen atoms in total. The van der Waals surface area contributed by atoms with Crippen LogP contribution >= 0.6 is 22.9 Å². The van der Waals surface area contributed by atoms with Gasteiger partial charge in [0.25, 0.3) is 11.8 Å². The molecular weight excluding hydrogens is 693 g/mol. The third-order valence-corrected chi connectivity index (χ3v) is 11.9. The largest absolute Gasteiger partial charge is 0.491 e. The number of imide groups is 2. The Bertz CT molecular complexity index is 2040. The number of anilines is 1. The summed E-state index contributed by atoms with van der Waals surface area (Å²) in [6.07, 6.45) is 2.48. The van der Waals surface area contributed by atoms with Crippen molar-refractivity contribution in [2.75, 3.05) is 18.6 Å². The topological polar surface area (TPSA) is 116 Å². The first-order valence-corrected chi connectivity index (χ1v) is 18.1. The van der Waals surface area contributed by atoms with Crippen molar-refractivity contribution in [2.24, 2.45) is 23.7 Å². The quantitative estimate of drug-likeness (QED) is 0.158. The van der Waals surface area contributed by atoms with Crippen LogP contribution in [-0.4, -0.2) is 51.9 Å². The van der Waals surface area contributed by atoms with Crippen LogP contribution in [0.5, 0.6) is 5.75 Å². The number of nitrogens with zero attached hydrogens (tertiary/aromatic N) is 2. The molecule has 12 heteroatoms. The minimum absolute atomic E-state index is 0.102. The third kappa shape index (κ3) is 5.37. The monoisotopic (exact) mass is 725 g/mol. The van der Waals surface area contributed by atoms with Crippen molar-refractivity contribution >= 4 is 52.3 Å². The Morgan fingerprint density at radius 1 is 0.922 bits per heavy atom. The summed E-state index contributed by atoms with van der Waals surface area (Å²) in [6, 6.07) is 23.3. The number of nitrogens with one attached hydrogen (secondary N) is 1. The lowest BCUT2D eigenvalue weighted by atomic mass is 9.49. The van der Waals surface area contributed by atoms with Crippen LogP contribution in [0.15, 0.2) is 102 Å². The van der Waals surface area contributed by atoms with Crippen LogP contribution in [0.25, 0.3) is 0 Å². The number of fused-ring (bicyclic) bond motifs is 4. The van der Waals surface area contributed by atoms with Gasteiger partial charge in [0.15, 0.2) is 0 Å².